The predicted octanol–water partition coefficient (Wildman–Crippen LogP) is 2.47. The molecule has 0 unspecified atom stereocenters. The molecule has 1 heterocycles. The van der Waals surface area contributed by atoms with E-state index in [0.29, 0.717) is 24.4 Å². The van der Waals surface area contributed by atoms with Gasteiger partial charge in [0, 0.05) is 18.0 Å². The molecule has 0 aliphatic rings. The average Bonchev–Trinajstić information content (AvgIpc) is 3.15. The largest absolute Gasteiger partial charge is 0.354 e. The number of carbonyl (C=O) groups excluding carboxylic acids is 1. The van der Waals surface area contributed by atoms with Crippen LogP contribution in [0.3, 0.4) is 0 Å². The molecule has 1 amide bonds. The highest BCUT2D eigenvalue weighted by molar-refractivity contribution is 6.30. The van der Waals surface area contributed by atoms with E-state index < -0.39 is 6.04 Å². The summed E-state index contributed by atoms with van der Waals surface area (Å²) in [4.78, 5) is 12.6. The zero-order valence-electron chi connectivity index (χ0n) is 13.5. The van der Waals surface area contributed by atoms with Crippen molar-refractivity contribution in [2.75, 3.05) is 6.54 Å². The lowest BCUT2D eigenvalue weighted by molar-refractivity contribution is -0.124. The maximum Gasteiger partial charge on any atom is 0.245 e. The molecule has 0 aliphatic heterocycles. The highest BCUT2D eigenvalue weighted by Crippen LogP contribution is 2.14. The fourth-order valence-corrected chi connectivity index (χ4v) is 2.81. The number of nitrogens with one attached hydrogen (secondary N) is 1. The molecule has 0 saturated carbocycles. The van der Waals surface area contributed by atoms with Crippen LogP contribution >= 0.6 is 11.6 Å². The van der Waals surface area contributed by atoms with Crippen molar-refractivity contribution < 1.29 is 4.79 Å². The van der Waals surface area contributed by atoms with E-state index in [4.69, 9.17) is 11.6 Å². The van der Waals surface area contributed by atoms with Crippen LogP contribution in [0.4, 0.5) is 0 Å². The monoisotopic (exact) mass is 355 g/mol. The minimum atomic E-state index is -0.489. The number of rotatable bonds is 7. The van der Waals surface area contributed by atoms with Crippen molar-refractivity contribution in [3.63, 3.8) is 0 Å². The number of benzene rings is 2. The van der Waals surface area contributed by atoms with E-state index in [0.717, 1.165) is 11.1 Å². The summed E-state index contributed by atoms with van der Waals surface area (Å²) < 4.78 is 1.49. The van der Waals surface area contributed by atoms with Gasteiger partial charge in [0.2, 0.25) is 5.91 Å². The lowest BCUT2D eigenvalue weighted by Crippen LogP contribution is -2.35. The zero-order valence-corrected chi connectivity index (χ0v) is 14.3. The van der Waals surface area contributed by atoms with E-state index in [1.54, 1.807) is 0 Å². The molecule has 0 radical (unpaired) electrons. The smallest absolute Gasteiger partial charge is 0.245 e. The van der Waals surface area contributed by atoms with Gasteiger partial charge < -0.3 is 5.32 Å². The number of carbonyl (C=O) groups is 1. The Labute approximate surface area is 150 Å². The predicted molar refractivity (Wildman–Crippen MR) is 95.2 cm³/mol. The number of hydrogen-bond donors (Lipinski definition) is 1. The van der Waals surface area contributed by atoms with Crippen LogP contribution in [0.25, 0.3) is 0 Å². The maximum absolute atomic E-state index is 12.6. The van der Waals surface area contributed by atoms with E-state index in [2.05, 4.69) is 20.8 Å². The molecule has 0 spiro atoms. The summed E-state index contributed by atoms with van der Waals surface area (Å²) in [6, 6.07) is 16.9. The normalized spacial score (nSPS) is 11.9. The first-order valence-corrected chi connectivity index (χ1v) is 8.39. The Hall–Kier alpha value is -2.73. The molecule has 1 N–H and O–H groups in total. The first-order chi connectivity index (χ1) is 12.2. The Morgan fingerprint density at radius 1 is 1.12 bits per heavy atom. The first-order valence-electron chi connectivity index (χ1n) is 8.01. The molecule has 3 aromatic rings. The fraction of sp³-hybridized carbons (Fsp3) is 0.222. The molecule has 1 aromatic heterocycles. The fourth-order valence-electron chi connectivity index (χ4n) is 2.60. The maximum atomic E-state index is 12.6. The zero-order chi connectivity index (χ0) is 17.5. The quantitative estimate of drug-likeness (QED) is 0.706. The van der Waals surface area contributed by atoms with E-state index in [1.807, 2.05) is 54.6 Å². The Balaban J connectivity index is 1.63. The van der Waals surface area contributed by atoms with Crippen molar-refractivity contribution in [1.82, 2.24) is 25.5 Å². The second kappa shape index (κ2) is 8.39. The summed E-state index contributed by atoms with van der Waals surface area (Å²) in [7, 11) is 0. The van der Waals surface area contributed by atoms with Gasteiger partial charge in [-0.2, -0.15) is 0 Å². The van der Waals surface area contributed by atoms with Gasteiger partial charge in [-0.25, -0.2) is 4.68 Å². The molecule has 0 fully saturated rings. The van der Waals surface area contributed by atoms with E-state index in [-0.39, 0.29) is 5.91 Å². The SMILES string of the molecule is O=C(NCCc1cccc(Cl)c1)[C@@H](Cc1ccccc1)n1cnnn1. The standard InChI is InChI=1S/C18H18ClN5O/c19-16-8-4-7-15(11-16)9-10-20-18(25)17(24-13-21-22-23-24)12-14-5-2-1-3-6-14/h1-8,11,13,17H,9-10,12H2,(H,20,25)/t17-/m1/s1. The van der Waals surface area contributed by atoms with Gasteiger partial charge >= 0.3 is 0 Å². The summed E-state index contributed by atoms with van der Waals surface area (Å²) >= 11 is 5.98. The molecule has 0 bridgehead atoms. The number of amides is 1. The molecule has 128 valence electrons. The van der Waals surface area contributed by atoms with E-state index >= 15 is 0 Å². The van der Waals surface area contributed by atoms with Gasteiger partial charge in [0.1, 0.15) is 12.4 Å². The molecule has 0 aliphatic carbocycles. The Bertz CT molecular complexity index is 807. The summed E-state index contributed by atoms with van der Waals surface area (Å²) in [5.41, 5.74) is 2.13. The summed E-state index contributed by atoms with van der Waals surface area (Å²) in [5.74, 6) is -0.113. The lowest BCUT2D eigenvalue weighted by Gasteiger charge is -2.16. The van der Waals surface area contributed by atoms with Crippen molar-refractivity contribution in [3.8, 4) is 0 Å². The molecule has 7 heteroatoms. The summed E-state index contributed by atoms with van der Waals surface area (Å²) in [6.45, 7) is 0.520. The second-order valence-corrected chi connectivity index (χ2v) is 6.10. The van der Waals surface area contributed by atoms with Crippen LogP contribution in [-0.4, -0.2) is 32.7 Å². The molecule has 25 heavy (non-hydrogen) atoms. The van der Waals surface area contributed by atoms with Crippen molar-refractivity contribution >= 4 is 17.5 Å². The number of hydrogen-bond acceptors (Lipinski definition) is 4. The van der Waals surface area contributed by atoms with Gasteiger partial charge in [-0.15, -0.1) is 5.10 Å². The Morgan fingerprint density at radius 3 is 2.64 bits per heavy atom. The van der Waals surface area contributed by atoms with Crippen molar-refractivity contribution in [3.05, 3.63) is 77.1 Å². The van der Waals surface area contributed by atoms with Crippen LogP contribution in [0.15, 0.2) is 60.9 Å². The van der Waals surface area contributed by atoms with Gasteiger partial charge in [0.25, 0.3) is 0 Å². The topological polar surface area (TPSA) is 72.7 Å². The van der Waals surface area contributed by atoms with E-state index in [1.165, 1.54) is 11.0 Å². The minimum Gasteiger partial charge on any atom is -0.354 e. The van der Waals surface area contributed by atoms with Gasteiger partial charge in [0.15, 0.2) is 0 Å². The summed E-state index contributed by atoms with van der Waals surface area (Å²) in [5, 5.41) is 14.8. The molecule has 2 aromatic carbocycles. The second-order valence-electron chi connectivity index (χ2n) is 5.67. The highest BCUT2D eigenvalue weighted by atomic mass is 35.5. The third-order valence-electron chi connectivity index (χ3n) is 3.86. The average molecular weight is 356 g/mol. The number of halogens is 1. The molecular weight excluding hydrogens is 338 g/mol. The first kappa shape index (κ1) is 17.1. The molecule has 0 saturated heterocycles. The molecular formula is C18H18ClN5O. The van der Waals surface area contributed by atoms with Crippen molar-refractivity contribution in [1.29, 1.82) is 0 Å². The van der Waals surface area contributed by atoms with Crippen LogP contribution in [0.2, 0.25) is 5.02 Å². The van der Waals surface area contributed by atoms with Crippen LogP contribution in [0.5, 0.6) is 0 Å². The van der Waals surface area contributed by atoms with Crippen LogP contribution in [0.1, 0.15) is 17.2 Å². The molecule has 1 atom stereocenters. The molecule has 6 nitrogen and oxygen atoms in total. The van der Waals surface area contributed by atoms with E-state index in [9.17, 15) is 4.79 Å². The number of nitrogens with zero attached hydrogens (tertiary/aromatic N) is 4. The minimum absolute atomic E-state index is 0.113. The lowest BCUT2D eigenvalue weighted by atomic mass is 10.1. The third-order valence-corrected chi connectivity index (χ3v) is 4.10. The molecule has 3 rings (SSSR count). The van der Waals surface area contributed by atoms with Crippen molar-refractivity contribution in [2.45, 2.75) is 18.9 Å². The Kier molecular flexibility index (Phi) is 5.74. The number of aromatic nitrogens is 4. The van der Waals surface area contributed by atoms with Crippen LogP contribution < -0.4 is 5.32 Å². The van der Waals surface area contributed by atoms with Crippen LogP contribution in [0, 0.1) is 0 Å². The highest BCUT2D eigenvalue weighted by Gasteiger charge is 2.21. The van der Waals surface area contributed by atoms with Gasteiger partial charge in [0.05, 0.1) is 0 Å². The van der Waals surface area contributed by atoms with Gasteiger partial charge in [-0.05, 0) is 40.1 Å². The Morgan fingerprint density at radius 2 is 1.92 bits per heavy atom. The van der Waals surface area contributed by atoms with Crippen LogP contribution in [-0.2, 0) is 17.6 Å². The van der Waals surface area contributed by atoms with Gasteiger partial charge in [-0.3, -0.25) is 4.79 Å². The number of tetrazole rings is 1. The third kappa shape index (κ3) is 4.87. The van der Waals surface area contributed by atoms with Crippen molar-refractivity contribution in [2.24, 2.45) is 0 Å². The summed E-state index contributed by atoms with van der Waals surface area (Å²) in [6.07, 6.45) is 2.69. The van der Waals surface area contributed by atoms with Gasteiger partial charge in [-0.1, -0.05) is 54.1 Å².